The minimum Gasteiger partial charge on any atom is -0.471 e. The average Bonchev–Trinajstić information content (AvgIpc) is 3.23. The van der Waals surface area contributed by atoms with Crippen molar-refractivity contribution >= 4 is 23.4 Å². The molecule has 3 heterocycles. The van der Waals surface area contributed by atoms with E-state index in [1.165, 1.54) is 17.0 Å². The van der Waals surface area contributed by atoms with E-state index in [4.69, 9.17) is 4.74 Å². The molecular weight excluding hydrogens is 426 g/mol. The number of hydrazone groups is 1. The van der Waals surface area contributed by atoms with Crippen molar-refractivity contribution in [2.75, 3.05) is 25.0 Å². The van der Waals surface area contributed by atoms with Gasteiger partial charge in [-0.1, -0.05) is 6.08 Å². The standard InChI is InChI=1S/C20H18F2N6O4/c21-12-3-4-14(15(22)10-12)16-5-6-17(28(30)31)19(24-16)25-20(29)27-9-7-13(11-27)32-18-2-1-8-23-26-18/h1-6,10,13,23H,7-9,11H2,(H,24,25,29). The fraction of sp³-hybridized carbons (Fsp3) is 0.250. The number of pyridine rings is 1. The van der Waals surface area contributed by atoms with Crippen molar-refractivity contribution in [3.63, 3.8) is 0 Å². The number of benzene rings is 1. The van der Waals surface area contributed by atoms with Gasteiger partial charge in [0.2, 0.25) is 11.7 Å². The molecule has 1 aromatic heterocycles. The van der Waals surface area contributed by atoms with Gasteiger partial charge in [0.25, 0.3) is 0 Å². The van der Waals surface area contributed by atoms with Crippen LogP contribution in [-0.4, -0.2) is 52.5 Å². The maximum absolute atomic E-state index is 14.1. The highest BCUT2D eigenvalue weighted by atomic mass is 19.1. The second kappa shape index (κ2) is 8.96. The number of nitro groups is 1. The molecule has 2 amide bonds. The highest BCUT2D eigenvalue weighted by molar-refractivity contribution is 5.91. The number of halogens is 2. The minimum atomic E-state index is -0.877. The number of hydrogen-bond acceptors (Lipinski definition) is 7. The van der Waals surface area contributed by atoms with Gasteiger partial charge < -0.3 is 15.1 Å². The molecule has 0 aliphatic carbocycles. The maximum atomic E-state index is 14.1. The largest absolute Gasteiger partial charge is 0.471 e. The number of ether oxygens (including phenoxy) is 1. The molecule has 1 saturated heterocycles. The van der Waals surface area contributed by atoms with Crippen LogP contribution in [0.3, 0.4) is 0 Å². The topological polar surface area (TPSA) is 122 Å². The summed E-state index contributed by atoms with van der Waals surface area (Å²) in [4.78, 5) is 28.9. The molecule has 2 aromatic rings. The summed E-state index contributed by atoms with van der Waals surface area (Å²) in [5.74, 6) is -1.57. The Morgan fingerprint density at radius 1 is 1.31 bits per heavy atom. The van der Waals surface area contributed by atoms with E-state index >= 15 is 0 Å². The molecule has 1 unspecified atom stereocenters. The molecule has 1 aromatic carbocycles. The number of hydrogen-bond donors (Lipinski definition) is 2. The molecule has 4 rings (SSSR count). The Bertz CT molecular complexity index is 1120. The molecule has 2 aliphatic rings. The van der Waals surface area contributed by atoms with E-state index in [1.54, 1.807) is 6.08 Å². The number of amides is 2. The number of nitrogens with one attached hydrogen (secondary N) is 2. The Balaban J connectivity index is 1.50. The number of rotatable bonds is 4. The van der Waals surface area contributed by atoms with Crippen LogP contribution in [0.2, 0.25) is 0 Å². The molecule has 166 valence electrons. The third-order valence-corrected chi connectivity index (χ3v) is 4.88. The van der Waals surface area contributed by atoms with Gasteiger partial charge in [0.05, 0.1) is 23.7 Å². The molecule has 10 nitrogen and oxygen atoms in total. The van der Waals surface area contributed by atoms with Gasteiger partial charge in [0.15, 0.2) is 0 Å². The van der Waals surface area contributed by atoms with E-state index in [0.29, 0.717) is 31.5 Å². The van der Waals surface area contributed by atoms with Crippen molar-refractivity contribution < 1.29 is 23.2 Å². The number of aromatic nitrogens is 1. The van der Waals surface area contributed by atoms with Crippen LogP contribution in [-0.2, 0) is 4.74 Å². The third-order valence-electron chi connectivity index (χ3n) is 4.88. The van der Waals surface area contributed by atoms with Gasteiger partial charge >= 0.3 is 11.7 Å². The van der Waals surface area contributed by atoms with E-state index in [-0.39, 0.29) is 29.7 Å². The third kappa shape index (κ3) is 4.63. The second-order valence-electron chi connectivity index (χ2n) is 7.06. The first-order valence-electron chi connectivity index (χ1n) is 9.71. The van der Waals surface area contributed by atoms with Crippen LogP contribution in [0.15, 0.2) is 47.6 Å². The van der Waals surface area contributed by atoms with Crippen LogP contribution in [0.1, 0.15) is 6.42 Å². The second-order valence-corrected chi connectivity index (χ2v) is 7.06. The lowest BCUT2D eigenvalue weighted by atomic mass is 10.1. The monoisotopic (exact) mass is 444 g/mol. The summed E-state index contributed by atoms with van der Waals surface area (Å²) in [5, 5.41) is 17.8. The number of carbonyl (C=O) groups excluding carboxylic acids is 1. The normalized spacial score (nSPS) is 17.5. The molecule has 12 heteroatoms. The molecule has 0 spiro atoms. The minimum absolute atomic E-state index is 0.0145. The van der Waals surface area contributed by atoms with E-state index in [2.05, 4.69) is 20.8 Å². The fourth-order valence-electron chi connectivity index (χ4n) is 3.34. The first-order chi connectivity index (χ1) is 15.4. The zero-order valence-corrected chi connectivity index (χ0v) is 16.6. The Morgan fingerprint density at radius 3 is 2.88 bits per heavy atom. The van der Waals surface area contributed by atoms with Crippen molar-refractivity contribution in [3.05, 3.63) is 64.2 Å². The Kier molecular flexibility index (Phi) is 5.92. The lowest BCUT2D eigenvalue weighted by molar-refractivity contribution is -0.384. The van der Waals surface area contributed by atoms with Crippen LogP contribution in [0, 0.1) is 21.7 Å². The quantitative estimate of drug-likeness (QED) is 0.552. The van der Waals surface area contributed by atoms with Crippen molar-refractivity contribution in [1.29, 1.82) is 0 Å². The van der Waals surface area contributed by atoms with E-state index in [1.807, 2.05) is 6.08 Å². The van der Waals surface area contributed by atoms with E-state index < -0.39 is 28.3 Å². The van der Waals surface area contributed by atoms with Crippen molar-refractivity contribution in [2.24, 2.45) is 5.10 Å². The number of anilines is 1. The predicted molar refractivity (Wildman–Crippen MR) is 111 cm³/mol. The first-order valence-corrected chi connectivity index (χ1v) is 9.71. The number of nitrogens with zero attached hydrogens (tertiary/aromatic N) is 4. The Hall–Kier alpha value is -4.09. The van der Waals surface area contributed by atoms with Gasteiger partial charge in [0.1, 0.15) is 17.7 Å². The van der Waals surface area contributed by atoms with E-state index in [0.717, 1.165) is 12.1 Å². The van der Waals surface area contributed by atoms with Crippen LogP contribution in [0.5, 0.6) is 0 Å². The Labute approximate surface area is 180 Å². The van der Waals surface area contributed by atoms with Gasteiger partial charge in [-0.05, 0) is 24.3 Å². The average molecular weight is 444 g/mol. The first kappa shape index (κ1) is 21.2. The van der Waals surface area contributed by atoms with Gasteiger partial charge in [0, 0.05) is 30.7 Å². The van der Waals surface area contributed by atoms with Crippen LogP contribution < -0.4 is 10.7 Å². The van der Waals surface area contributed by atoms with Crippen molar-refractivity contribution in [2.45, 2.75) is 12.5 Å². The summed E-state index contributed by atoms with van der Waals surface area (Å²) in [6.45, 7) is 1.22. The summed E-state index contributed by atoms with van der Waals surface area (Å²) in [5.41, 5.74) is 2.29. The molecule has 2 N–H and O–H groups in total. The van der Waals surface area contributed by atoms with Gasteiger partial charge in [-0.2, -0.15) is 0 Å². The molecular formula is C20H18F2N6O4. The molecule has 0 radical (unpaired) electrons. The maximum Gasteiger partial charge on any atom is 0.323 e. The summed E-state index contributed by atoms with van der Waals surface area (Å²) < 4.78 is 33.1. The van der Waals surface area contributed by atoms with Gasteiger partial charge in [-0.3, -0.25) is 15.4 Å². The van der Waals surface area contributed by atoms with Crippen LogP contribution in [0.25, 0.3) is 11.3 Å². The molecule has 1 atom stereocenters. The fourth-order valence-corrected chi connectivity index (χ4v) is 3.34. The zero-order chi connectivity index (χ0) is 22.7. The van der Waals surface area contributed by atoms with Crippen LogP contribution >= 0.6 is 0 Å². The molecule has 1 fully saturated rings. The summed E-state index contributed by atoms with van der Waals surface area (Å²) >= 11 is 0. The van der Waals surface area contributed by atoms with Crippen LogP contribution in [0.4, 0.5) is 25.1 Å². The van der Waals surface area contributed by atoms with Gasteiger partial charge in [-0.15, -0.1) is 5.10 Å². The highest BCUT2D eigenvalue weighted by Crippen LogP contribution is 2.29. The molecule has 32 heavy (non-hydrogen) atoms. The highest BCUT2D eigenvalue weighted by Gasteiger charge is 2.30. The number of urea groups is 1. The SMILES string of the molecule is O=C(Nc1nc(-c2ccc(F)cc2F)ccc1[N+](=O)[O-])N1CCC(OC2=NNCC=C2)C1. The predicted octanol–water partition coefficient (Wildman–Crippen LogP) is 3.03. The van der Waals surface area contributed by atoms with Crippen molar-refractivity contribution in [1.82, 2.24) is 15.3 Å². The van der Waals surface area contributed by atoms with E-state index in [9.17, 15) is 23.7 Å². The molecule has 2 aliphatic heterocycles. The zero-order valence-electron chi connectivity index (χ0n) is 16.6. The summed E-state index contributed by atoms with van der Waals surface area (Å²) in [6.07, 6.45) is 3.85. The summed E-state index contributed by atoms with van der Waals surface area (Å²) in [7, 11) is 0. The van der Waals surface area contributed by atoms with Gasteiger partial charge in [-0.25, -0.2) is 18.6 Å². The number of carbonyl (C=O) groups is 1. The molecule has 0 saturated carbocycles. The Morgan fingerprint density at radius 2 is 2.16 bits per heavy atom. The summed E-state index contributed by atoms with van der Waals surface area (Å²) in [6, 6.07) is 4.63. The lowest BCUT2D eigenvalue weighted by Crippen LogP contribution is -2.35. The smallest absolute Gasteiger partial charge is 0.323 e. The molecule has 0 bridgehead atoms. The van der Waals surface area contributed by atoms with Crippen molar-refractivity contribution in [3.8, 4) is 11.3 Å². The number of likely N-dealkylation sites (tertiary alicyclic amines) is 1. The lowest BCUT2D eigenvalue weighted by Gasteiger charge is -2.18.